The third-order valence-corrected chi connectivity index (χ3v) is 6.15. The van der Waals surface area contributed by atoms with E-state index < -0.39 is 0 Å². The summed E-state index contributed by atoms with van der Waals surface area (Å²) in [4.78, 5) is 20.0. The molecular formula is C16H23Cl3N4OS2. The smallest absolute Gasteiger partial charge is 0.226 e. The van der Waals surface area contributed by atoms with E-state index in [1.54, 1.807) is 11.3 Å². The fourth-order valence-corrected chi connectivity index (χ4v) is 4.56. The largest absolute Gasteiger partial charge is 0.356 e. The summed E-state index contributed by atoms with van der Waals surface area (Å²) in [7, 11) is 0. The van der Waals surface area contributed by atoms with Crippen molar-refractivity contribution in [2.45, 2.75) is 12.8 Å². The van der Waals surface area contributed by atoms with Crippen molar-refractivity contribution in [3.05, 3.63) is 27.5 Å². The molecule has 1 saturated heterocycles. The number of nitrogens with one attached hydrogen (secondary N) is 2. The summed E-state index contributed by atoms with van der Waals surface area (Å²) in [6, 6.07) is 3.83. The predicted octanol–water partition coefficient (Wildman–Crippen LogP) is 3.32. The Kier molecular flexibility index (Phi) is 11.0. The number of carbonyl (C=O) groups is 1. The second-order valence-electron chi connectivity index (χ2n) is 5.72. The highest BCUT2D eigenvalue weighted by molar-refractivity contribution is 7.23. The molecule has 10 heteroatoms. The van der Waals surface area contributed by atoms with Crippen LogP contribution in [-0.4, -0.2) is 55.1 Å². The highest BCUT2D eigenvalue weighted by Crippen LogP contribution is 2.32. The number of piperazine rings is 1. The summed E-state index contributed by atoms with van der Waals surface area (Å²) in [5, 5.41) is 9.20. The molecule has 2 aromatic heterocycles. The third-order valence-electron chi connectivity index (χ3n) is 3.86. The minimum Gasteiger partial charge on any atom is -0.356 e. The van der Waals surface area contributed by atoms with E-state index in [1.165, 1.54) is 11.3 Å². The van der Waals surface area contributed by atoms with Crippen LogP contribution in [0.1, 0.15) is 12.1 Å². The normalized spacial score (nSPS) is 14.3. The Morgan fingerprint density at radius 2 is 2.08 bits per heavy atom. The van der Waals surface area contributed by atoms with E-state index in [9.17, 15) is 4.79 Å². The van der Waals surface area contributed by atoms with Crippen LogP contribution in [0.3, 0.4) is 0 Å². The van der Waals surface area contributed by atoms with Crippen molar-refractivity contribution in [1.82, 2.24) is 20.5 Å². The van der Waals surface area contributed by atoms with Crippen molar-refractivity contribution in [3.63, 3.8) is 0 Å². The monoisotopic (exact) mass is 456 g/mol. The fraction of sp³-hybridized carbons (Fsp3) is 0.500. The summed E-state index contributed by atoms with van der Waals surface area (Å²) in [6.07, 6.45) is 1.32. The molecule has 5 nitrogen and oxygen atoms in total. The first-order chi connectivity index (χ1) is 11.7. The number of rotatable bonds is 7. The Balaban J connectivity index is 0.00000169. The second kappa shape index (κ2) is 12.1. The van der Waals surface area contributed by atoms with Gasteiger partial charge in [-0.15, -0.1) is 47.5 Å². The molecule has 0 aliphatic carbocycles. The topological polar surface area (TPSA) is 57.3 Å². The number of amides is 1. The van der Waals surface area contributed by atoms with E-state index >= 15 is 0 Å². The van der Waals surface area contributed by atoms with Crippen molar-refractivity contribution in [3.8, 4) is 9.88 Å². The van der Waals surface area contributed by atoms with Gasteiger partial charge in [0.1, 0.15) is 5.01 Å². The van der Waals surface area contributed by atoms with E-state index in [2.05, 4.69) is 20.5 Å². The molecule has 2 N–H and O–H groups in total. The molecule has 26 heavy (non-hydrogen) atoms. The Morgan fingerprint density at radius 1 is 1.31 bits per heavy atom. The Morgan fingerprint density at radius 3 is 2.77 bits per heavy atom. The molecule has 1 amide bonds. The molecule has 1 aliphatic heterocycles. The lowest BCUT2D eigenvalue weighted by atomic mass is 10.3. The molecule has 0 saturated carbocycles. The van der Waals surface area contributed by atoms with Gasteiger partial charge in [-0.3, -0.25) is 4.79 Å². The van der Waals surface area contributed by atoms with E-state index in [4.69, 9.17) is 11.6 Å². The van der Waals surface area contributed by atoms with E-state index in [0.717, 1.165) is 65.6 Å². The van der Waals surface area contributed by atoms with Crippen LogP contribution in [0.4, 0.5) is 0 Å². The zero-order valence-electron chi connectivity index (χ0n) is 14.2. The summed E-state index contributed by atoms with van der Waals surface area (Å²) >= 11 is 9.01. The lowest BCUT2D eigenvalue weighted by molar-refractivity contribution is -0.120. The van der Waals surface area contributed by atoms with Gasteiger partial charge in [0, 0.05) is 38.1 Å². The van der Waals surface area contributed by atoms with Crippen LogP contribution in [0.25, 0.3) is 9.88 Å². The van der Waals surface area contributed by atoms with Gasteiger partial charge in [-0.1, -0.05) is 11.6 Å². The lowest BCUT2D eigenvalue weighted by Gasteiger charge is -2.27. The first-order valence-electron chi connectivity index (χ1n) is 8.10. The fourth-order valence-electron chi connectivity index (χ4n) is 2.62. The number of carbonyl (C=O) groups excluding carboxylic acids is 1. The van der Waals surface area contributed by atoms with Gasteiger partial charge >= 0.3 is 0 Å². The Hall–Kier alpha value is -0.410. The standard InChI is InChI=1S/C16H21ClN4OS2.2ClH/c17-14-3-2-13(24-14)16-20-12(11-23-16)10-15(22)19-4-1-7-21-8-5-18-6-9-21;;/h2-3,11,18H,1,4-10H2,(H,19,22);2*1H. The summed E-state index contributed by atoms with van der Waals surface area (Å²) in [5.74, 6) is 0.0383. The van der Waals surface area contributed by atoms with Gasteiger partial charge < -0.3 is 15.5 Å². The number of halogens is 3. The minimum absolute atomic E-state index is 0. The number of thiazole rings is 1. The van der Waals surface area contributed by atoms with Crippen LogP contribution in [0.2, 0.25) is 4.34 Å². The summed E-state index contributed by atoms with van der Waals surface area (Å²) < 4.78 is 0.754. The average Bonchev–Trinajstić information content (AvgIpc) is 3.21. The van der Waals surface area contributed by atoms with Crippen LogP contribution in [-0.2, 0) is 11.2 Å². The lowest BCUT2D eigenvalue weighted by Crippen LogP contribution is -2.44. The Labute approximate surface area is 179 Å². The highest BCUT2D eigenvalue weighted by atomic mass is 35.5. The third kappa shape index (κ3) is 7.31. The Bertz CT molecular complexity index is 674. The number of hydrogen-bond donors (Lipinski definition) is 2. The molecule has 146 valence electrons. The van der Waals surface area contributed by atoms with Crippen molar-refractivity contribution < 1.29 is 4.79 Å². The molecule has 2 aromatic rings. The van der Waals surface area contributed by atoms with E-state index in [1.807, 2.05) is 17.5 Å². The number of aromatic nitrogens is 1. The SMILES string of the molecule is Cl.Cl.O=C(Cc1csc(-c2ccc(Cl)s2)n1)NCCCN1CCNCC1. The van der Waals surface area contributed by atoms with Gasteiger partial charge in [-0.25, -0.2) is 4.98 Å². The molecule has 3 heterocycles. The zero-order chi connectivity index (χ0) is 16.8. The maximum atomic E-state index is 12.0. The van der Waals surface area contributed by atoms with Gasteiger partial charge in [-0.2, -0.15) is 0 Å². The minimum atomic E-state index is 0. The summed E-state index contributed by atoms with van der Waals surface area (Å²) in [6.45, 7) is 6.09. The summed E-state index contributed by atoms with van der Waals surface area (Å²) in [5.41, 5.74) is 0.819. The van der Waals surface area contributed by atoms with Crippen molar-refractivity contribution in [2.24, 2.45) is 0 Å². The molecule has 1 fully saturated rings. The molecule has 0 radical (unpaired) electrons. The van der Waals surface area contributed by atoms with Crippen LogP contribution >= 0.6 is 59.1 Å². The molecular weight excluding hydrogens is 435 g/mol. The van der Waals surface area contributed by atoms with Gasteiger partial charge in [-0.05, 0) is 25.1 Å². The molecule has 1 aliphatic rings. The van der Waals surface area contributed by atoms with Crippen molar-refractivity contribution >= 4 is 65.0 Å². The molecule has 0 spiro atoms. The molecule has 0 bridgehead atoms. The predicted molar refractivity (Wildman–Crippen MR) is 116 cm³/mol. The number of hydrogen-bond acceptors (Lipinski definition) is 6. The van der Waals surface area contributed by atoms with Gasteiger partial charge in [0.15, 0.2) is 0 Å². The van der Waals surface area contributed by atoms with Gasteiger partial charge in [0.2, 0.25) is 5.91 Å². The molecule has 0 aromatic carbocycles. The number of nitrogens with zero attached hydrogens (tertiary/aromatic N) is 2. The maximum absolute atomic E-state index is 12.0. The van der Waals surface area contributed by atoms with Gasteiger partial charge in [0.05, 0.1) is 21.3 Å². The zero-order valence-corrected chi connectivity index (χ0v) is 18.2. The molecule has 0 unspecified atom stereocenters. The highest BCUT2D eigenvalue weighted by Gasteiger charge is 2.11. The van der Waals surface area contributed by atoms with Crippen LogP contribution < -0.4 is 10.6 Å². The average molecular weight is 458 g/mol. The molecule has 3 rings (SSSR count). The first-order valence-corrected chi connectivity index (χ1v) is 10.2. The van der Waals surface area contributed by atoms with Gasteiger partial charge in [0.25, 0.3) is 0 Å². The van der Waals surface area contributed by atoms with Crippen LogP contribution in [0.15, 0.2) is 17.5 Å². The van der Waals surface area contributed by atoms with E-state index in [0.29, 0.717) is 6.42 Å². The van der Waals surface area contributed by atoms with Crippen molar-refractivity contribution in [2.75, 3.05) is 39.3 Å². The number of thiophene rings is 1. The maximum Gasteiger partial charge on any atom is 0.226 e. The quantitative estimate of drug-likeness (QED) is 0.626. The van der Waals surface area contributed by atoms with E-state index in [-0.39, 0.29) is 30.7 Å². The first kappa shape index (κ1) is 23.6. The van der Waals surface area contributed by atoms with Crippen LogP contribution in [0, 0.1) is 0 Å². The molecule has 0 atom stereocenters. The van der Waals surface area contributed by atoms with Crippen molar-refractivity contribution in [1.29, 1.82) is 0 Å². The second-order valence-corrected chi connectivity index (χ2v) is 8.29. The van der Waals surface area contributed by atoms with Crippen LogP contribution in [0.5, 0.6) is 0 Å².